The fraction of sp³-hybridized carbons (Fsp3) is 0.667. The molecule has 0 N–H and O–H groups in total. The van der Waals surface area contributed by atoms with E-state index < -0.39 is 0 Å². The maximum absolute atomic E-state index is 9.86. The molecule has 1 aliphatic rings. The third-order valence-corrected chi connectivity index (χ3v) is 1.37. The first-order chi connectivity index (χ1) is 3.43. The molecule has 0 aromatic carbocycles. The van der Waals surface area contributed by atoms with Crippen LogP contribution in [-0.2, 0) is 5.11 Å². The van der Waals surface area contributed by atoms with Crippen molar-refractivity contribution in [2.45, 2.75) is 19.3 Å². The summed E-state index contributed by atoms with van der Waals surface area (Å²) < 4.78 is 0. The number of allylic oxidation sites excluding steroid dienone is 1. The van der Waals surface area contributed by atoms with Crippen molar-refractivity contribution < 1.29 is 5.11 Å². The van der Waals surface area contributed by atoms with Crippen molar-refractivity contribution in [2.75, 3.05) is 6.61 Å². The van der Waals surface area contributed by atoms with E-state index in [1.54, 1.807) is 6.08 Å². The zero-order chi connectivity index (χ0) is 5.11. The van der Waals surface area contributed by atoms with Gasteiger partial charge < -0.3 is 0 Å². The Hall–Kier alpha value is -0.300. The maximum Gasteiger partial charge on any atom is 0.101 e. The molecule has 7 heavy (non-hydrogen) atoms. The highest BCUT2D eigenvalue weighted by Gasteiger charge is 2.05. The number of hydrogen-bond donors (Lipinski definition) is 0. The van der Waals surface area contributed by atoms with Crippen LogP contribution in [0.4, 0.5) is 0 Å². The minimum atomic E-state index is -0.0185. The van der Waals surface area contributed by atoms with E-state index in [4.69, 9.17) is 0 Å². The van der Waals surface area contributed by atoms with E-state index in [0.717, 1.165) is 0 Å². The Labute approximate surface area is 43.7 Å². The summed E-state index contributed by atoms with van der Waals surface area (Å²) >= 11 is 0. The summed E-state index contributed by atoms with van der Waals surface area (Å²) in [6.07, 6.45) is 5.46. The molecule has 0 saturated heterocycles. The SMILES string of the molecule is [O]CC=C1CCC1. The third kappa shape index (κ3) is 1.03. The van der Waals surface area contributed by atoms with Crippen molar-refractivity contribution in [1.82, 2.24) is 0 Å². The lowest BCUT2D eigenvalue weighted by atomic mass is 9.92. The van der Waals surface area contributed by atoms with Gasteiger partial charge in [-0.1, -0.05) is 11.6 Å². The Morgan fingerprint density at radius 3 is 2.43 bits per heavy atom. The molecule has 0 bridgehead atoms. The van der Waals surface area contributed by atoms with Gasteiger partial charge in [-0.25, -0.2) is 5.11 Å². The van der Waals surface area contributed by atoms with Crippen molar-refractivity contribution in [1.29, 1.82) is 0 Å². The fourth-order valence-corrected chi connectivity index (χ4v) is 0.703. The fourth-order valence-electron chi connectivity index (χ4n) is 0.703. The average molecular weight is 97.1 g/mol. The van der Waals surface area contributed by atoms with Gasteiger partial charge >= 0.3 is 0 Å². The zero-order valence-corrected chi connectivity index (χ0v) is 4.31. The van der Waals surface area contributed by atoms with Gasteiger partial charge in [0.1, 0.15) is 6.61 Å². The second-order valence-electron chi connectivity index (χ2n) is 1.88. The first kappa shape index (κ1) is 4.85. The van der Waals surface area contributed by atoms with E-state index in [1.807, 2.05) is 0 Å². The minimum Gasteiger partial charge on any atom is -0.232 e. The molecule has 1 heteroatoms. The number of rotatable bonds is 1. The molecule has 0 aliphatic heterocycles. The van der Waals surface area contributed by atoms with Crippen LogP contribution >= 0.6 is 0 Å². The molecule has 1 rings (SSSR count). The van der Waals surface area contributed by atoms with Crippen molar-refractivity contribution in [2.24, 2.45) is 0 Å². The average Bonchev–Trinajstić information content (AvgIpc) is 1.55. The first-order valence-electron chi connectivity index (χ1n) is 2.69. The van der Waals surface area contributed by atoms with Gasteiger partial charge in [-0.3, -0.25) is 0 Å². The normalized spacial score (nSPS) is 18.7. The molecule has 0 unspecified atom stereocenters. The van der Waals surface area contributed by atoms with Gasteiger partial charge in [0.25, 0.3) is 0 Å². The largest absolute Gasteiger partial charge is 0.232 e. The van der Waals surface area contributed by atoms with Crippen LogP contribution in [0.1, 0.15) is 19.3 Å². The highest BCUT2D eigenvalue weighted by Crippen LogP contribution is 2.24. The van der Waals surface area contributed by atoms with Gasteiger partial charge in [0, 0.05) is 0 Å². The summed E-state index contributed by atoms with van der Waals surface area (Å²) in [7, 11) is 0. The Kier molecular flexibility index (Phi) is 1.47. The van der Waals surface area contributed by atoms with E-state index in [1.165, 1.54) is 24.8 Å². The van der Waals surface area contributed by atoms with Crippen LogP contribution in [-0.4, -0.2) is 6.61 Å². The summed E-state index contributed by atoms with van der Waals surface area (Å²) in [6.45, 7) is -0.0185. The molecular weight excluding hydrogens is 88.1 g/mol. The molecule has 0 heterocycles. The predicted molar refractivity (Wildman–Crippen MR) is 27.5 cm³/mol. The minimum absolute atomic E-state index is 0.0185. The van der Waals surface area contributed by atoms with E-state index in [9.17, 15) is 5.11 Å². The molecule has 0 aromatic rings. The van der Waals surface area contributed by atoms with Gasteiger partial charge in [0.05, 0.1) is 0 Å². The van der Waals surface area contributed by atoms with Crippen LogP contribution < -0.4 is 0 Å². The van der Waals surface area contributed by atoms with Gasteiger partial charge in [-0.05, 0) is 19.3 Å². The molecule has 0 atom stereocenters. The maximum atomic E-state index is 9.86. The summed E-state index contributed by atoms with van der Waals surface area (Å²) in [5.74, 6) is 0. The van der Waals surface area contributed by atoms with Crippen LogP contribution in [0.25, 0.3) is 0 Å². The van der Waals surface area contributed by atoms with E-state index in [2.05, 4.69) is 0 Å². The van der Waals surface area contributed by atoms with Crippen LogP contribution in [0.3, 0.4) is 0 Å². The lowest BCUT2D eigenvalue weighted by Crippen LogP contribution is -1.96. The second-order valence-corrected chi connectivity index (χ2v) is 1.88. The van der Waals surface area contributed by atoms with E-state index in [0.29, 0.717) is 0 Å². The topological polar surface area (TPSA) is 19.9 Å². The van der Waals surface area contributed by atoms with E-state index >= 15 is 0 Å². The van der Waals surface area contributed by atoms with Gasteiger partial charge in [-0.2, -0.15) is 0 Å². The van der Waals surface area contributed by atoms with Crippen LogP contribution in [0.5, 0.6) is 0 Å². The molecular formula is C6H9O. The lowest BCUT2D eigenvalue weighted by molar-refractivity contribution is 0.230. The molecule has 0 spiro atoms. The van der Waals surface area contributed by atoms with Crippen LogP contribution in [0.15, 0.2) is 11.6 Å². The van der Waals surface area contributed by atoms with Crippen LogP contribution in [0, 0.1) is 0 Å². The number of hydrogen-bond acceptors (Lipinski definition) is 0. The monoisotopic (exact) mass is 97.1 g/mol. The Balaban J connectivity index is 2.23. The van der Waals surface area contributed by atoms with Gasteiger partial charge in [-0.15, -0.1) is 0 Å². The Morgan fingerprint density at radius 1 is 1.57 bits per heavy atom. The van der Waals surface area contributed by atoms with Crippen molar-refractivity contribution >= 4 is 0 Å². The highest BCUT2D eigenvalue weighted by molar-refractivity contribution is 5.08. The van der Waals surface area contributed by atoms with Crippen LogP contribution in [0.2, 0.25) is 0 Å². The standard InChI is InChI=1S/C6H9O/c7-5-4-6-2-1-3-6/h4H,1-3,5H2. The Morgan fingerprint density at radius 2 is 2.29 bits per heavy atom. The van der Waals surface area contributed by atoms with Gasteiger partial charge in [0.2, 0.25) is 0 Å². The zero-order valence-electron chi connectivity index (χ0n) is 4.31. The van der Waals surface area contributed by atoms with E-state index in [-0.39, 0.29) is 6.61 Å². The molecule has 1 saturated carbocycles. The first-order valence-corrected chi connectivity index (χ1v) is 2.69. The Bertz CT molecular complexity index is 78.2. The molecule has 39 valence electrons. The lowest BCUT2D eigenvalue weighted by Gasteiger charge is -2.14. The molecule has 0 aromatic heterocycles. The quantitative estimate of drug-likeness (QED) is 0.442. The smallest absolute Gasteiger partial charge is 0.101 e. The summed E-state index contributed by atoms with van der Waals surface area (Å²) in [6, 6.07) is 0. The van der Waals surface area contributed by atoms with Gasteiger partial charge in [0.15, 0.2) is 0 Å². The summed E-state index contributed by atoms with van der Waals surface area (Å²) in [5.41, 5.74) is 1.37. The van der Waals surface area contributed by atoms with Crippen molar-refractivity contribution in [3.63, 3.8) is 0 Å². The molecule has 0 amide bonds. The van der Waals surface area contributed by atoms with Crippen molar-refractivity contribution in [3.05, 3.63) is 11.6 Å². The van der Waals surface area contributed by atoms with Crippen molar-refractivity contribution in [3.8, 4) is 0 Å². The summed E-state index contributed by atoms with van der Waals surface area (Å²) in [5, 5.41) is 9.86. The molecule has 1 fully saturated rings. The molecule has 1 aliphatic carbocycles. The third-order valence-electron chi connectivity index (χ3n) is 1.37. The summed E-state index contributed by atoms with van der Waals surface area (Å²) in [4.78, 5) is 0. The highest BCUT2D eigenvalue weighted by atomic mass is 16.2. The molecule has 1 nitrogen and oxygen atoms in total. The predicted octanol–water partition coefficient (Wildman–Crippen LogP) is 1.53. The second kappa shape index (κ2) is 2.12. The molecule has 1 radical (unpaired) electrons.